The van der Waals surface area contributed by atoms with E-state index in [1.807, 2.05) is 25.1 Å². The van der Waals surface area contributed by atoms with E-state index in [0.717, 1.165) is 36.9 Å². The largest absolute Gasteiger partial charge is 0.496 e. The molecule has 0 radical (unpaired) electrons. The van der Waals surface area contributed by atoms with Crippen molar-refractivity contribution in [3.8, 4) is 5.75 Å². The molecule has 0 spiro atoms. The van der Waals surface area contributed by atoms with Gasteiger partial charge >= 0.3 is 0 Å². The third kappa shape index (κ3) is 2.90. The monoisotopic (exact) mass is 298 g/mol. The number of aryl methyl sites for hydroxylation is 1. The number of likely N-dealkylation sites (N-methyl/N-ethyl adjacent to an activating group) is 1. The standard InChI is InChI=1S/C17H22N4O/c1-13-10-17(19-12-18-13)21-9-8-20(2)15(11-21)14-6-4-5-7-16(14)22-3/h4-7,10,12,15H,8-9,11H2,1-3H3/t15-/m1/s1. The van der Waals surface area contributed by atoms with E-state index in [1.165, 1.54) is 5.56 Å². The van der Waals surface area contributed by atoms with Crippen LogP contribution in [0.5, 0.6) is 5.75 Å². The molecule has 1 aliphatic rings. The Bertz CT molecular complexity index is 646. The van der Waals surface area contributed by atoms with Crippen LogP contribution in [0, 0.1) is 6.92 Å². The molecule has 1 aromatic heterocycles. The van der Waals surface area contributed by atoms with E-state index in [9.17, 15) is 0 Å². The molecule has 1 atom stereocenters. The van der Waals surface area contributed by atoms with Crippen molar-refractivity contribution >= 4 is 5.82 Å². The molecule has 0 unspecified atom stereocenters. The molecule has 0 aliphatic carbocycles. The fourth-order valence-electron chi connectivity index (χ4n) is 2.97. The number of para-hydroxylation sites is 1. The van der Waals surface area contributed by atoms with Gasteiger partial charge in [-0.1, -0.05) is 18.2 Å². The Morgan fingerprint density at radius 2 is 2.00 bits per heavy atom. The van der Waals surface area contributed by atoms with Crippen molar-refractivity contribution in [2.45, 2.75) is 13.0 Å². The molecule has 3 rings (SSSR count). The van der Waals surface area contributed by atoms with Crippen LogP contribution < -0.4 is 9.64 Å². The lowest BCUT2D eigenvalue weighted by Gasteiger charge is -2.40. The quantitative estimate of drug-likeness (QED) is 0.869. The first-order chi connectivity index (χ1) is 10.7. The minimum atomic E-state index is 0.292. The third-order valence-electron chi connectivity index (χ3n) is 4.26. The van der Waals surface area contributed by atoms with Gasteiger partial charge in [-0.15, -0.1) is 0 Å². The average molecular weight is 298 g/mol. The first-order valence-corrected chi connectivity index (χ1v) is 7.56. The number of aromatic nitrogens is 2. The summed E-state index contributed by atoms with van der Waals surface area (Å²) in [5, 5.41) is 0. The summed E-state index contributed by atoms with van der Waals surface area (Å²) in [5.74, 6) is 1.94. The lowest BCUT2D eigenvalue weighted by atomic mass is 10.0. The van der Waals surface area contributed by atoms with E-state index in [2.05, 4.69) is 38.9 Å². The van der Waals surface area contributed by atoms with Crippen LogP contribution >= 0.6 is 0 Å². The summed E-state index contributed by atoms with van der Waals surface area (Å²) in [6, 6.07) is 10.6. The zero-order valence-corrected chi connectivity index (χ0v) is 13.4. The highest BCUT2D eigenvalue weighted by Crippen LogP contribution is 2.32. The zero-order chi connectivity index (χ0) is 15.5. The maximum atomic E-state index is 5.54. The first-order valence-electron chi connectivity index (χ1n) is 7.56. The number of methoxy groups -OCH3 is 1. The summed E-state index contributed by atoms with van der Waals surface area (Å²) in [6.07, 6.45) is 1.64. The number of benzene rings is 1. The van der Waals surface area contributed by atoms with Gasteiger partial charge in [-0.25, -0.2) is 9.97 Å². The summed E-state index contributed by atoms with van der Waals surface area (Å²) < 4.78 is 5.54. The Morgan fingerprint density at radius 3 is 2.77 bits per heavy atom. The number of piperazine rings is 1. The number of nitrogens with zero attached hydrogens (tertiary/aromatic N) is 4. The SMILES string of the molecule is COc1ccccc1[C@H]1CN(c2cc(C)ncn2)CCN1C. The van der Waals surface area contributed by atoms with Crippen LogP contribution in [-0.2, 0) is 0 Å². The molecular formula is C17H22N4O. The van der Waals surface area contributed by atoms with Gasteiger partial charge in [-0.3, -0.25) is 4.90 Å². The molecule has 2 heterocycles. The third-order valence-corrected chi connectivity index (χ3v) is 4.26. The number of hydrogen-bond acceptors (Lipinski definition) is 5. The molecule has 1 saturated heterocycles. The molecule has 2 aromatic rings. The first kappa shape index (κ1) is 14.8. The molecule has 0 amide bonds. The number of rotatable bonds is 3. The zero-order valence-electron chi connectivity index (χ0n) is 13.4. The number of ether oxygens (including phenoxy) is 1. The Morgan fingerprint density at radius 1 is 1.18 bits per heavy atom. The molecule has 5 nitrogen and oxygen atoms in total. The number of hydrogen-bond donors (Lipinski definition) is 0. The van der Waals surface area contributed by atoms with Gasteiger partial charge in [0.25, 0.3) is 0 Å². The predicted molar refractivity (Wildman–Crippen MR) is 87.3 cm³/mol. The summed E-state index contributed by atoms with van der Waals surface area (Å²) in [5.41, 5.74) is 2.22. The van der Waals surface area contributed by atoms with Crippen LogP contribution in [0.3, 0.4) is 0 Å². The summed E-state index contributed by atoms with van der Waals surface area (Å²) in [7, 11) is 3.90. The normalized spacial score (nSPS) is 19.2. The second-order valence-electron chi connectivity index (χ2n) is 5.70. The highest BCUT2D eigenvalue weighted by atomic mass is 16.5. The van der Waals surface area contributed by atoms with Gasteiger partial charge in [0.2, 0.25) is 0 Å². The maximum absolute atomic E-state index is 5.54. The average Bonchev–Trinajstić information content (AvgIpc) is 2.55. The van der Waals surface area contributed by atoms with Gasteiger partial charge in [0, 0.05) is 37.0 Å². The molecule has 0 N–H and O–H groups in total. The highest BCUT2D eigenvalue weighted by molar-refractivity contribution is 5.43. The topological polar surface area (TPSA) is 41.5 Å². The van der Waals surface area contributed by atoms with Crippen LogP contribution in [0.1, 0.15) is 17.3 Å². The van der Waals surface area contributed by atoms with Crippen molar-refractivity contribution in [1.29, 1.82) is 0 Å². The van der Waals surface area contributed by atoms with E-state index in [4.69, 9.17) is 4.74 Å². The van der Waals surface area contributed by atoms with Crippen molar-refractivity contribution in [3.05, 3.63) is 47.9 Å². The fourth-order valence-corrected chi connectivity index (χ4v) is 2.97. The van der Waals surface area contributed by atoms with Crippen LogP contribution in [0.25, 0.3) is 0 Å². The summed E-state index contributed by atoms with van der Waals surface area (Å²) in [4.78, 5) is 13.3. The second-order valence-corrected chi connectivity index (χ2v) is 5.70. The molecular weight excluding hydrogens is 276 g/mol. The summed E-state index contributed by atoms with van der Waals surface area (Å²) in [6.45, 7) is 4.86. The molecule has 0 bridgehead atoms. The molecule has 116 valence electrons. The molecule has 1 fully saturated rings. The molecule has 0 saturated carbocycles. The lowest BCUT2D eigenvalue weighted by Crippen LogP contribution is -2.47. The minimum Gasteiger partial charge on any atom is -0.496 e. The summed E-state index contributed by atoms with van der Waals surface area (Å²) >= 11 is 0. The van der Waals surface area contributed by atoms with Crippen molar-refractivity contribution < 1.29 is 4.74 Å². The molecule has 5 heteroatoms. The Kier molecular flexibility index (Phi) is 4.24. The van der Waals surface area contributed by atoms with E-state index >= 15 is 0 Å². The highest BCUT2D eigenvalue weighted by Gasteiger charge is 2.28. The van der Waals surface area contributed by atoms with Crippen molar-refractivity contribution in [3.63, 3.8) is 0 Å². The Hall–Kier alpha value is -2.14. The van der Waals surface area contributed by atoms with E-state index in [1.54, 1.807) is 13.4 Å². The lowest BCUT2D eigenvalue weighted by molar-refractivity contribution is 0.216. The van der Waals surface area contributed by atoms with Crippen molar-refractivity contribution in [1.82, 2.24) is 14.9 Å². The van der Waals surface area contributed by atoms with Crippen LogP contribution in [-0.4, -0.2) is 48.7 Å². The van der Waals surface area contributed by atoms with E-state index < -0.39 is 0 Å². The maximum Gasteiger partial charge on any atom is 0.132 e. The van der Waals surface area contributed by atoms with Crippen LogP contribution in [0.2, 0.25) is 0 Å². The molecule has 1 aromatic carbocycles. The van der Waals surface area contributed by atoms with E-state index in [0.29, 0.717) is 6.04 Å². The van der Waals surface area contributed by atoms with Crippen molar-refractivity contribution in [2.75, 3.05) is 38.7 Å². The Labute approximate surface area is 131 Å². The van der Waals surface area contributed by atoms with E-state index in [-0.39, 0.29) is 0 Å². The van der Waals surface area contributed by atoms with Gasteiger partial charge in [0.1, 0.15) is 17.9 Å². The smallest absolute Gasteiger partial charge is 0.132 e. The second kappa shape index (κ2) is 6.32. The van der Waals surface area contributed by atoms with Crippen LogP contribution in [0.4, 0.5) is 5.82 Å². The minimum absolute atomic E-state index is 0.292. The number of anilines is 1. The van der Waals surface area contributed by atoms with Crippen molar-refractivity contribution in [2.24, 2.45) is 0 Å². The van der Waals surface area contributed by atoms with Gasteiger partial charge < -0.3 is 9.64 Å². The van der Waals surface area contributed by atoms with Gasteiger partial charge in [0.15, 0.2) is 0 Å². The fraction of sp³-hybridized carbons (Fsp3) is 0.412. The van der Waals surface area contributed by atoms with Crippen LogP contribution in [0.15, 0.2) is 36.7 Å². The predicted octanol–water partition coefficient (Wildman–Crippen LogP) is 2.29. The molecule has 1 aliphatic heterocycles. The van der Waals surface area contributed by atoms with Gasteiger partial charge in [-0.2, -0.15) is 0 Å². The van der Waals surface area contributed by atoms with Gasteiger partial charge in [-0.05, 0) is 20.0 Å². The van der Waals surface area contributed by atoms with Gasteiger partial charge in [0.05, 0.1) is 13.2 Å². The Balaban J connectivity index is 1.88. The molecule has 22 heavy (non-hydrogen) atoms.